The lowest BCUT2D eigenvalue weighted by Crippen LogP contribution is -2.27. The number of hydrogen-bond donors (Lipinski definition) is 1. The number of benzene rings is 2. The lowest BCUT2D eigenvalue weighted by atomic mass is 10.1. The Bertz CT molecular complexity index is 801. The van der Waals surface area contributed by atoms with Crippen molar-refractivity contribution in [2.45, 2.75) is 43.8 Å². The van der Waals surface area contributed by atoms with Crippen molar-refractivity contribution in [2.75, 3.05) is 0 Å². The smallest absolute Gasteiger partial charge is 0.338 e. The van der Waals surface area contributed by atoms with Gasteiger partial charge in [0.2, 0.25) is 0 Å². The highest BCUT2D eigenvalue weighted by atomic mass is 32.2. The van der Waals surface area contributed by atoms with Crippen LogP contribution in [0.1, 0.15) is 41.8 Å². The maximum Gasteiger partial charge on any atom is 0.338 e. The quantitative estimate of drug-likeness (QED) is 0.664. The van der Waals surface area contributed by atoms with E-state index in [9.17, 15) is 18.9 Å². The Morgan fingerprint density at radius 2 is 1.70 bits per heavy atom. The van der Waals surface area contributed by atoms with Gasteiger partial charge in [-0.2, -0.15) is 0 Å². The first-order chi connectivity index (χ1) is 12.9. The highest BCUT2D eigenvalue weighted by Gasteiger charge is 2.25. The molecule has 2 aromatic rings. The molecule has 27 heavy (non-hydrogen) atoms. The minimum atomic E-state index is -1.60. The van der Waals surface area contributed by atoms with Crippen LogP contribution in [-0.4, -0.2) is 32.6 Å². The molecule has 0 bridgehead atoms. The van der Waals surface area contributed by atoms with Crippen LogP contribution in [0.5, 0.6) is 0 Å². The van der Waals surface area contributed by atoms with Crippen molar-refractivity contribution in [3.8, 4) is 0 Å². The van der Waals surface area contributed by atoms with Crippen molar-refractivity contribution in [1.29, 1.82) is 0 Å². The second-order valence-corrected chi connectivity index (χ2v) is 8.15. The molecule has 0 heterocycles. The fourth-order valence-corrected chi connectivity index (χ4v) is 3.96. The largest absolute Gasteiger partial charge is 0.480 e. The number of aryl methyl sites for hydroxylation is 1. The molecule has 0 saturated carbocycles. The van der Waals surface area contributed by atoms with Crippen molar-refractivity contribution in [2.24, 2.45) is 0 Å². The number of carboxylic acids is 1. The summed E-state index contributed by atoms with van der Waals surface area (Å²) < 4.78 is 17.8. The number of esters is 1. The Balaban J connectivity index is 2.04. The first-order valence-electron chi connectivity index (χ1n) is 8.80. The van der Waals surface area contributed by atoms with E-state index in [1.165, 1.54) is 0 Å². The normalized spacial score (nSPS) is 13.1. The number of carbonyl (C=O) groups is 2. The second-order valence-electron chi connectivity index (χ2n) is 6.53. The van der Waals surface area contributed by atoms with E-state index in [0.717, 1.165) is 5.56 Å². The average Bonchev–Trinajstić information content (AvgIpc) is 2.62. The Hall–Kier alpha value is -2.47. The second kappa shape index (κ2) is 10.0. The van der Waals surface area contributed by atoms with Gasteiger partial charge in [-0.25, -0.2) is 4.79 Å². The van der Waals surface area contributed by atoms with Gasteiger partial charge in [0.15, 0.2) is 0 Å². The van der Waals surface area contributed by atoms with E-state index in [-0.39, 0.29) is 11.9 Å². The zero-order chi connectivity index (χ0) is 19.8. The van der Waals surface area contributed by atoms with E-state index in [1.807, 2.05) is 30.3 Å². The molecular weight excluding hydrogens is 364 g/mol. The Morgan fingerprint density at radius 3 is 2.33 bits per heavy atom. The maximum absolute atomic E-state index is 12.6. The maximum atomic E-state index is 12.6. The van der Waals surface area contributed by atoms with Gasteiger partial charge in [-0.05, 0) is 49.9 Å². The molecule has 2 unspecified atom stereocenters. The van der Waals surface area contributed by atoms with Gasteiger partial charge in [-0.1, -0.05) is 42.5 Å². The summed E-state index contributed by atoms with van der Waals surface area (Å²) in [4.78, 5) is 23.6. The first-order valence-corrected chi connectivity index (χ1v) is 10.2. The summed E-state index contributed by atoms with van der Waals surface area (Å²) in [5.74, 6) is -1.44. The van der Waals surface area contributed by atoms with Crippen LogP contribution in [0.2, 0.25) is 0 Å². The van der Waals surface area contributed by atoms with Crippen molar-refractivity contribution in [1.82, 2.24) is 0 Å². The van der Waals surface area contributed by atoms with Crippen LogP contribution in [-0.2, 0) is 32.5 Å². The van der Waals surface area contributed by atoms with E-state index >= 15 is 0 Å². The third-order valence-electron chi connectivity index (χ3n) is 3.95. The summed E-state index contributed by atoms with van der Waals surface area (Å²) in [6.45, 7) is 3.53. The molecule has 2 aromatic carbocycles. The highest BCUT2D eigenvalue weighted by molar-refractivity contribution is 7.85. The number of aliphatic carboxylic acids is 1. The predicted molar refractivity (Wildman–Crippen MR) is 105 cm³/mol. The zero-order valence-electron chi connectivity index (χ0n) is 15.5. The van der Waals surface area contributed by atoms with Crippen molar-refractivity contribution >= 4 is 22.7 Å². The van der Waals surface area contributed by atoms with Gasteiger partial charge in [-0.3, -0.25) is 9.00 Å². The molecule has 1 N–H and O–H groups in total. The molecule has 6 heteroatoms. The minimum Gasteiger partial charge on any atom is -0.480 e. The van der Waals surface area contributed by atoms with Gasteiger partial charge in [0.1, 0.15) is 5.25 Å². The van der Waals surface area contributed by atoms with Crippen LogP contribution in [0.25, 0.3) is 0 Å². The molecule has 5 nitrogen and oxygen atoms in total. The van der Waals surface area contributed by atoms with Crippen molar-refractivity contribution < 1.29 is 23.6 Å². The summed E-state index contributed by atoms with van der Waals surface area (Å²) in [7, 11) is -1.60. The fourth-order valence-electron chi connectivity index (χ4n) is 2.64. The van der Waals surface area contributed by atoms with E-state index in [2.05, 4.69) is 0 Å². The van der Waals surface area contributed by atoms with Crippen molar-refractivity contribution in [3.63, 3.8) is 0 Å². The number of carbonyl (C=O) groups excluding carboxylic acids is 1. The fraction of sp³-hybridized carbons (Fsp3) is 0.333. The summed E-state index contributed by atoms with van der Waals surface area (Å²) in [6.07, 6.45) is 0.607. The van der Waals surface area contributed by atoms with E-state index in [0.29, 0.717) is 24.0 Å². The Morgan fingerprint density at radius 1 is 1.04 bits per heavy atom. The van der Waals surface area contributed by atoms with Crippen LogP contribution in [0, 0.1) is 0 Å². The number of carboxylic acid groups (broad SMARTS) is 1. The Kier molecular flexibility index (Phi) is 7.73. The van der Waals surface area contributed by atoms with E-state index in [4.69, 9.17) is 4.74 Å². The molecule has 0 aliphatic carbocycles. The molecule has 0 aliphatic rings. The third-order valence-corrected chi connectivity index (χ3v) is 5.64. The molecule has 0 spiro atoms. The SMILES string of the molecule is CC(C)OC(=O)c1cccc(CS(=O)C(CCc2ccccc2)C(=O)O)c1. The topological polar surface area (TPSA) is 80.7 Å². The number of hydrogen-bond acceptors (Lipinski definition) is 4. The monoisotopic (exact) mass is 388 g/mol. The first kappa shape index (κ1) is 20.8. The zero-order valence-corrected chi connectivity index (χ0v) is 16.3. The minimum absolute atomic E-state index is 0.0779. The molecule has 2 atom stereocenters. The van der Waals surface area contributed by atoms with E-state index < -0.39 is 28.0 Å². The molecule has 2 rings (SSSR count). The van der Waals surface area contributed by atoms with Gasteiger partial charge in [-0.15, -0.1) is 0 Å². The average molecular weight is 388 g/mol. The molecule has 0 aliphatic heterocycles. The summed E-state index contributed by atoms with van der Waals surface area (Å²) in [6, 6.07) is 16.2. The van der Waals surface area contributed by atoms with Gasteiger partial charge >= 0.3 is 11.9 Å². The lowest BCUT2D eigenvalue weighted by molar-refractivity contribution is -0.136. The van der Waals surface area contributed by atoms with Crippen molar-refractivity contribution in [3.05, 3.63) is 71.3 Å². The standard InChI is InChI=1S/C21H24O5S/c1-15(2)26-21(24)18-10-6-9-17(13-18)14-27(25)19(20(22)23)12-11-16-7-4-3-5-8-16/h3-10,13,15,19H,11-12,14H2,1-2H3,(H,22,23). The summed E-state index contributed by atoms with van der Waals surface area (Å²) in [5, 5.41) is 8.51. The molecule has 0 saturated heterocycles. The number of ether oxygens (including phenoxy) is 1. The summed E-state index contributed by atoms with van der Waals surface area (Å²) >= 11 is 0. The lowest BCUT2D eigenvalue weighted by Gasteiger charge is -2.13. The predicted octanol–water partition coefficient (Wildman–Crippen LogP) is 3.59. The number of rotatable bonds is 9. The van der Waals surface area contributed by atoms with Crippen LogP contribution in [0.4, 0.5) is 0 Å². The van der Waals surface area contributed by atoms with Gasteiger partial charge in [0.05, 0.1) is 11.7 Å². The molecule has 0 aromatic heterocycles. The molecular formula is C21H24O5S. The third kappa shape index (κ3) is 6.64. The molecule has 0 radical (unpaired) electrons. The Labute approximate surface area is 161 Å². The van der Waals surface area contributed by atoms with Crippen LogP contribution >= 0.6 is 0 Å². The molecule has 144 valence electrons. The van der Waals surface area contributed by atoms with Crippen LogP contribution < -0.4 is 0 Å². The van der Waals surface area contributed by atoms with E-state index in [1.54, 1.807) is 38.1 Å². The van der Waals surface area contributed by atoms with Crippen LogP contribution in [0.3, 0.4) is 0 Å². The highest BCUT2D eigenvalue weighted by Crippen LogP contribution is 2.16. The van der Waals surface area contributed by atoms with Gasteiger partial charge in [0.25, 0.3) is 0 Å². The van der Waals surface area contributed by atoms with Gasteiger partial charge < -0.3 is 9.84 Å². The summed E-state index contributed by atoms with van der Waals surface area (Å²) in [5.41, 5.74) is 2.03. The van der Waals surface area contributed by atoms with Crippen LogP contribution in [0.15, 0.2) is 54.6 Å². The van der Waals surface area contributed by atoms with Gasteiger partial charge in [0, 0.05) is 16.6 Å². The molecule has 0 fully saturated rings. The molecule has 0 amide bonds.